The van der Waals surface area contributed by atoms with Crippen LogP contribution in [0, 0.1) is 6.92 Å². The maximum atomic E-state index is 12.2. The molecule has 2 rings (SSSR count). The molecule has 0 heterocycles. The molecule has 0 aliphatic heterocycles. The van der Waals surface area contributed by atoms with Gasteiger partial charge in [0, 0.05) is 11.3 Å². The quantitative estimate of drug-likeness (QED) is 0.744. The van der Waals surface area contributed by atoms with Crippen LogP contribution in [0.3, 0.4) is 0 Å². The fourth-order valence-electron chi connectivity index (χ4n) is 1.98. The minimum atomic E-state index is -0.415. The van der Waals surface area contributed by atoms with Crippen molar-refractivity contribution in [2.75, 3.05) is 12.3 Å². The van der Waals surface area contributed by atoms with Gasteiger partial charge in [-0.25, -0.2) is 0 Å². The number of hydrogen-bond acceptors (Lipinski definition) is 3. The lowest BCUT2D eigenvalue weighted by atomic mass is 10.1. The topological polar surface area (TPSA) is 75.3 Å². The number of carbonyl (C=O) groups is 1. The first-order chi connectivity index (χ1) is 9.61. The van der Waals surface area contributed by atoms with E-state index in [9.17, 15) is 9.90 Å². The van der Waals surface area contributed by atoms with E-state index in [-0.39, 0.29) is 12.5 Å². The summed E-state index contributed by atoms with van der Waals surface area (Å²) in [7, 11) is 0. The predicted molar refractivity (Wildman–Crippen MR) is 79.3 cm³/mol. The van der Waals surface area contributed by atoms with Crippen LogP contribution >= 0.6 is 0 Å². The number of aliphatic hydroxyl groups is 1. The SMILES string of the molecule is Cc1cc(C(=O)NC(CO)c2ccccc2)ccc1N. The molecule has 1 atom stereocenters. The average molecular weight is 270 g/mol. The molecule has 0 spiro atoms. The van der Waals surface area contributed by atoms with Crippen LogP contribution in [0.2, 0.25) is 0 Å². The van der Waals surface area contributed by atoms with Crippen LogP contribution < -0.4 is 11.1 Å². The molecule has 0 radical (unpaired) electrons. The zero-order chi connectivity index (χ0) is 14.5. The number of hydrogen-bond donors (Lipinski definition) is 3. The molecule has 0 saturated heterocycles. The molecular weight excluding hydrogens is 252 g/mol. The minimum absolute atomic E-state index is 0.149. The van der Waals surface area contributed by atoms with Crippen molar-refractivity contribution in [2.45, 2.75) is 13.0 Å². The zero-order valence-corrected chi connectivity index (χ0v) is 11.3. The molecule has 4 N–H and O–H groups in total. The number of nitrogens with one attached hydrogen (secondary N) is 1. The zero-order valence-electron chi connectivity index (χ0n) is 11.3. The second-order valence-corrected chi connectivity index (χ2v) is 4.69. The second kappa shape index (κ2) is 6.21. The van der Waals surface area contributed by atoms with Crippen molar-refractivity contribution in [3.05, 3.63) is 65.2 Å². The van der Waals surface area contributed by atoms with Gasteiger partial charge in [-0.05, 0) is 36.2 Å². The summed E-state index contributed by atoms with van der Waals surface area (Å²) in [5.74, 6) is -0.226. The molecule has 1 amide bonds. The average Bonchev–Trinajstić information content (AvgIpc) is 2.48. The molecule has 1 unspecified atom stereocenters. The molecule has 2 aromatic carbocycles. The molecular formula is C16H18N2O2. The summed E-state index contributed by atoms with van der Waals surface area (Å²) in [4.78, 5) is 12.2. The summed E-state index contributed by atoms with van der Waals surface area (Å²) in [6, 6.07) is 14.1. The van der Waals surface area contributed by atoms with Crippen molar-refractivity contribution < 1.29 is 9.90 Å². The van der Waals surface area contributed by atoms with E-state index in [0.29, 0.717) is 11.3 Å². The van der Waals surface area contributed by atoms with E-state index >= 15 is 0 Å². The monoisotopic (exact) mass is 270 g/mol. The van der Waals surface area contributed by atoms with Crippen molar-refractivity contribution in [2.24, 2.45) is 0 Å². The van der Waals surface area contributed by atoms with E-state index in [2.05, 4.69) is 5.32 Å². The van der Waals surface area contributed by atoms with Gasteiger partial charge in [0.25, 0.3) is 5.91 Å². The van der Waals surface area contributed by atoms with E-state index < -0.39 is 6.04 Å². The highest BCUT2D eigenvalue weighted by molar-refractivity contribution is 5.95. The van der Waals surface area contributed by atoms with Crippen molar-refractivity contribution >= 4 is 11.6 Å². The third kappa shape index (κ3) is 3.16. The van der Waals surface area contributed by atoms with Crippen LogP contribution in [0.5, 0.6) is 0 Å². The summed E-state index contributed by atoms with van der Waals surface area (Å²) in [5.41, 5.74) is 8.65. The molecule has 0 aliphatic rings. The maximum absolute atomic E-state index is 12.2. The van der Waals surface area contributed by atoms with Gasteiger partial charge in [0.1, 0.15) is 0 Å². The van der Waals surface area contributed by atoms with Gasteiger partial charge in [0.05, 0.1) is 12.6 Å². The smallest absolute Gasteiger partial charge is 0.251 e. The number of nitrogen functional groups attached to an aromatic ring is 1. The lowest BCUT2D eigenvalue weighted by Crippen LogP contribution is -2.30. The highest BCUT2D eigenvalue weighted by Crippen LogP contribution is 2.15. The van der Waals surface area contributed by atoms with Gasteiger partial charge >= 0.3 is 0 Å². The molecule has 0 bridgehead atoms. The molecule has 0 aliphatic carbocycles. The van der Waals surface area contributed by atoms with E-state index in [1.807, 2.05) is 37.3 Å². The first kappa shape index (κ1) is 14.1. The number of aryl methyl sites for hydroxylation is 1. The number of anilines is 1. The third-order valence-electron chi connectivity index (χ3n) is 3.22. The summed E-state index contributed by atoms with van der Waals surface area (Å²) in [5, 5.41) is 12.3. The highest BCUT2D eigenvalue weighted by Gasteiger charge is 2.15. The molecule has 20 heavy (non-hydrogen) atoms. The van der Waals surface area contributed by atoms with Crippen LogP contribution in [-0.2, 0) is 0 Å². The van der Waals surface area contributed by atoms with Crippen LogP contribution in [0.15, 0.2) is 48.5 Å². The number of nitrogens with two attached hydrogens (primary N) is 1. The Morgan fingerprint density at radius 2 is 1.95 bits per heavy atom. The summed E-state index contributed by atoms with van der Waals surface area (Å²) in [6.07, 6.45) is 0. The Hall–Kier alpha value is -2.33. The van der Waals surface area contributed by atoms with Crippen LogP contribution in [0.1, 0.15) is 27.5 Å². The van der Waals surface area contributed by atoms with Gasteiger partial charge in [-0.2, -0.15) is 0 Å². The summed E-state index contributed by atoms with van der Waals surface area (Å²) < 4.78 is 0. The molecule has 0 aromatic heterocycles. The Bertz CT molecular complexity index is 597. The Balaban J connectivity index is 2.15. The standard InChI is InChI=1S/C16H18N2O2/c1-11-9-13(7-8-14(11)17)16(20)18-15(10-19)12-5-3-2-4-6-12/h2-9,15,19H,10,17H2,1H3,(H,18,20). The first-order valence-corrected chi connectivity index (χ1v) is 6.44. The van der Waals surface area contributed by atoms with Gasteiger partial charge < -0.3 is 16.2 Å². The molecule has 0 saturated carbocycles. The van der Waals surface area contributed by atoms with E-state index in [1.165, 1.54) is 0 Å². The molecule has 2 aromatic rings. The van der Waals surface area contributed by atoms with Crippen molar-refractivity contribution in [1.29, 1.82) is 0 Å². The van der Waals surface area contributed by atoms with Crippen LogP contribution in [0.4, 0.5) is 5.69 Å². The van der Waals surface area contributed by atoms with Gasteiger partial charge in [0.2, 0.25) is 0 Å². The lowest BCUT2D eigenvalue weighted by molar-refractivity contribution is 0.0916. The number of rotatable bonds is 4. The van der Waals surface area contributed by atoms with Crippen molar-refractivity contribution in [3.8, 4) is 0 Å². The van der Waals surface area contributed by atoms with Crippen molar-refractivity contribution in [3.63, 3.8) is 0 Å². The molecule has 4 heteroatoms. The number of amides is 1. The molecule has 4 nitrogen and oxygen atoms in total. The van der Waals surface area contributed by atoms with Crippen LogP contribution in [-0.4, -0.2) is 17.6 Å². The Morgan fingerprint density at radius 3 is 2.55 bits per heavy atom. The van der Waals surface area contributed by atoms with Gasteiger partial charge in [0.15, 0.2) is 0 Å². The Labute approximate surface area is 118 Å². The Morgan fingerprint density at radius 1 is 1.25 bits per heavy atom. The van der Waals surface area contributed by atoms with Crippen molar-refractivity contribution in [1.82, 2.24) is 5.32 Å². The van der Waals surface area contributed by atoms with Gasteiger partial charge in [-0.15, -0.1) is 0 Å². The lowest BCUT2D eigenvalue weighted by Gasteiger charge is -2.17. The molecule has 104 valence electrons. The van der Waals surface area contributed by atoms with Crippen LogP contribution in [0.25, 0.3) is 0 Å². The summed E-state index contributed by atoms with van der Waals surface area (Å²) in [6.45, 7) is 1.70. The van der Waals surface area contributed by atoms with Gasteiger partial charge in [-0.1, -0.05) is 30.3 Å². The van der Waals surface area contributed by atoms with E-state index in [0.717, 1.165) is 11.1 Å². The third-order valence-corrected chi connectivity index (χ3v) is 3.22. The fourth-order valence-corrected chi connectivity index (χ4v) is 1.98. The number of carbonyl (C=O) groups excluding carboxylic acids is 1. The first-order valence-electron chi connectivity index (χ1n) is 6.44. The number of benzene rings is 2. The summed E-state index contributed by atoms with van der Waals surface area (Å²) >= 11 is 0. The highest BCUT2D eigenvalue weighted by atomic mass is 16.3. The second-order valence-electron chi connectivity index (χ2n) is 4.69. The fraction of sp³-hybridized carbons (Fsp3) is 0.188. The van der Waals surface area contributed by atoms with E-state index in [4.69, 9.17) is 5.73 Å². The largest absolute Gasteiger partial charge is 0.399 e. The normalized spacial score (nSPS) is 11.9. The van der Waals surface area contributed by atoms with E-state index in [1.54, 1.807) is 18.2 Å². The molecule has 0 fully saturated rings. The minimum Gasteiger partial charge on any atom is -0.399 e. The number of aliphatic hydroxyl groups excluding tert-OH is 1. The van der Waals surface area contributed by atoms with Gasteiger partial charge in [-0.3, -0.25) is 4.79 Å². The maximum Gasteiger partial charge on any atom is 0.251 e. The Kier molecular flexibility index (Phi) is 4.38. The predicted octanol–water partition coefficient (Wildman–Crippen LogP) is 2.04.